The average molecular weight is 380 g/mol. The third-order valence-corrected chi connectivity index (χ3v) is 4.85. The number of likely N-dealkylation sites (tertiary alicyclic amines) is 1. The number of anilines is 1. The van der Waals surface area contributed by atoms with E-state index in [2.05, 4.69) is 10.1 Å². The summed E-state index contributed by atoms with van der Waals surface area (Å²) in [5.41, 5.74) is 2.05. The van der Waals surface area contributed by atoms with E-state index in [1.807, 2.05) is 4.90 Å². The minimum Gasteiger partial charge on any atom is -0.465 e. The number of rotatable bonds is 4. The summed E-state index contributed by atoms with van der Waals surface area (Å²) in [6.45, 7) is 1.59. The molecule has 1 saturated heterocycles. The highest BCUT2D eigenvalue weighted by Crippen LogP contribution is 2.16. The molecule has 0 saturated carbocycles. The van der Waals surface area contributed by atoms with E-state index in [-0.39, 0.29) is 11.8 Å². The number of amides is 2. The minimum absolute atomic E-state index is 0.0206. The zero-order valence-corrected chi connectivity index (χ0v) is 15.9. The van der Waals surface area contributed by atoms with Gasteiger partial charge in [0.15, 0.2) is 0 Å². The topological polar surface area (TPSA) is 75.7 Å². The van der Waals surface area contributed by atoms with E-state index in [1.165, 1.54) is 20.0 Å². The van der Waals surface area contributed by atoms with Crippen LogP contribution in [0, 0.1) is 0 Å². The second-order valence-corrected chi connectivity index (χ2v) is 6.81. The van der Waals surface area contributed by atoms with Crippen molar-refractivity contribution >= 4 is 23.5 Å². The smallest absolute Gasteiger partial charge is 0.337 e. The summed E-state index contributed by atoms with van der Waals surface area (Å²) in [5.74, 6) is -0.686. The summed E-state index contributed by atoms with van der Waals surface area (Å²) in [6.07, 6.45) is 4.43. The second-order valence-electron chi connectivity index (χ2n) is 6.81. The van der Waals surface area contributed by atoms with E-state index in [1.54, 1.807) is 48.5 Å². The normalized spacial score (nSPS) is 14.1. The SMILES string of the molecule is COC(=O)c1ccc(NC(=O)c2ccc(C(=O)N3CCCCCC3)cc2)cc1. The van der Waals surface area contributed by atoms with Crippen LogP contribution in [-0.2, 0) is 4.74 Å². The molecule has 2 aromatic carbocycles. The highest BCUT2D eigenvalue weighted by molar-refractivity contribution is 6.05. The van der Waals surface area contributed by atoms with E-state index >= 15 is 0 Å². The van der Waals surface area contributed by atoms with Crippen LogP contribution in [0.4, 0.5) is 5.69 Å². The largest absolute Gasteiger partial charge is 0.465 e. The Labute approximate surface area is 164 Å². The lowest BCUT2D eigenvalue weighted by atomic mass is 10.1. The van der Waals surface area contributed by atoms with Crippen molar-refractivity contribution in [2.24, 2.45) is 0 Å². The number of esters is 1. The molecule has 0 atom stereocenters. The maximum atomic E-state index is 12.6. The van der Waals surface area contributed by atoms with Crippen LogP contribution in [0.2, 0.25) is 0 Å². The highest BCUT2D eigenvalue weighted by Gasteiger charge is 2.17. The van der Waals surface area contributed by atoms with Gasteiger partial charge in [-0.25, -0.2) is 4.79 Å². The van der Waals surface area contributed by atoms with Gasteiger partial charge in [0.1, 0.15) is 0 Å². The van der Waals surface area contributed by atoms with Gasteiger partial charge in [-0.15, -0.1) is 0 Å². The van der Waals surface area contributed by atoms with Gasteiger partial charge in [0.25, 0.3) is 11.8 Å². The van der Waals surface area contributed by atoms with Crippen LogP contribution in [0.5, 0.6) is 0 Å². The Hall–Kier alpha value is -3.15. The van der Waals surface area contributed by atoms with Crippen molar-refractivity contribution in [1.82, 2.24) is 4.90 Å². The monoisotopic (exact) mass is 380 g/mol. The number of ether oxygens (including phenoxy) is 1. The molecule has 0 unspecified atom stereocenters. The summed E-state index contributed by atoms with van der Waals surface area (Å²) in [7, 11) is 1.32. The summed E-state index contributed by atoms with van der Waals surface area (Å²) in [6, 6.07) is 13.2. The van der Waals surface area contributed by atoms with Crippen LogP contribution >= 0.6 is 0 Å². The number of nitrogens with one attached hydrogen (secondary N) is 1. The highest BCUT2D eigenvalue weighted by atomic mass is 16.5. The Balaban J connectivity index is 1.63. The Morgan fingerprint density at radius 2 is 1.32 bits per heavy atom. The van der Waals surface area contributed by atoms with Gasteiger partial charge in [0.05, 0.1) is 12.7 Å². The fourth-order valence-corrected chi connectivity index (χ4v) is 3.23. The summed E-state index contributed by atoms with van der Waals surface area (Å²) in [4.78, 5) is 38.4. The van der Waals surface area contributed by atoms with Crippen LogP contribution in [0.15, 0.2) is 48.5 Å². The van der Waals surface area contributed by atoms with Gasteiger partial charge in [-0.2, -0.15) is 0 Å². The van der Waals surface area contributed by atoms with Crippen LogP contribution in [0.25, 0.3) is 0 Å². The molecule has 2 aromatic rings. The quantitative estimate of drug-likeness (QED) is 0.820. The van der Waals surface area contributed by atoms with Gasteiger partial charge < -0.3 is 15.0 Å². The standard InChI is InChI=1S/C22H24N2O4/c1-28-22(27)18-10-12-19(13-11-18)23-20(25)16-6-8-17(9-7-16)21(26)24-14-4-2-3-5-15-24/h6-13H,2-5,14-15H2,1H3,(H,23,25). The molecule has 1 aliphatic heterocycles. The lowest BCUT2D eigenvalue weighted by Gasteiger charge is -2.20. The Bertz CT molecular complexity index is 836. The lowest BCUT2D eigenvalue weighted by Crippen LogP contribution is -2.31. The molecule has 0 radical (unpaired) electrons. The van der Waals surface area contributed by atoms with Gasteiger partial charge in [-0.05, 0) is 61.4 Å². The molecule has 28 heavy (non-hydrogen) atoms. The molecule has 0 bridgehead atoms. The molecule has 146 valence electrons. The summed E-state index contributed by atoms with van der Waals surface area (Å²) in [5, 5.41) is 2.78. The molecule has 6 heteroatoms. The first-order valence-electron chi connectivity index (χ1n) is 9.47. The molecule has 3 rings (SSSR count). The van der Waals surface area contributed by atoms with Crippen molar-refractivity contribution in [3.8, 4) is 0 Å². The number of carbonyl (C=O) groups is 3. The Morgan fingerprint density at radius 3 is 1.89 bits per heavy atom. The molecule has 0 aromatic heterocycles. The second kappa shape index (κ2) is 9.17. The molecular weight excluding hydrogens is 356 g/mol. The predicted molar refractivity (Wildman–Crippen MR) is 107 cm³/mol. The number of carbonyl (C=O) groups excluding carboxylic acids is 3. The van der Waals surface area contributed by atoms with Crippen molar-refractivity contribution in [1.29, 1.82) is 0 Å². The maximum Gasteiger partial charge on any atom is 0.337 e. The fourth-order valence-electron chi connectivity index (χ4n) is 3.23. The number of hydrogen-bond donors (Lipinski definition) is 1. The molecule has 1 fully saturated rings. The minimum atomic E-state index is -0.428. The molecule has 1 heterocycles. The van der Waals surface area contributed by atoms with Crippen molar-refractivity contribution in [2.75, 3.05) is 25.5 Å². The average Bonchev–Trinajstić information content (AvgIpc) is 3.03. The zero-order valence-electron chi connectivity index (χ0n) is 15.9. The number of nitrogens with zero attached hydrogens (tertiary/aromatic N) is 1. The number of hydrogen-bond acceptors (Lipinski definition) is 4. The van der Waals surface area contributed by atoms with Crippen LogP contribution in [0.1, 0.15) is 56.8 Å². The lowest BCUT2D eigenvalue weighted by molar-refractivity contribution is 0.0600. The third kappa shape index (κ3) is 4.76. The molecule has 6 nitrogen and oxygen atoms in total. The van der Waals surface area contributed by atoms with Crippen molar-refractivity contribution in [3.05, 3.63) is 65.2 Å². The van der Waals surface area contributed by atoms with Crippen LogP contribution in [0.3, 0.4) is 0 Å². The molecule has 0 spiro atoms. The third-order valence-electron chi connectivity index (χ3n) is 4.85. The first-order valence-corrected chi connectivity index (χ1v) is 9.47. The Kier molecular flexibility index (Phi) is 6.42. The molecule has 1 N–H and O–H groups in total. The summed E-state index contributed by atoms with van der Waals surface area (Å²) < 4.78 is 4.65. The predicted octanol–water partition coefficient (Wildman–Crippen LogP) is 3.74. The first kappa shape index (κ1) is 19.6. The van der Waals surface area contributed by atoms with Crippen LogP contribution in [-0.4, -0.2) is 42.9 Å². The van der Waals surface area contributed by atoms with Crippen molar-refractivity contribution < 1.29 is 19.1 Å². The van der Waals surface area contributed by atoms with E-state index < -0.39 is 5.97 Å². The first-order chi connectivity index (χ1) is 13.6. The zero-order chi connectivity index (χ0) is 19.9. The van der Waals surface area contributed by atoms with Crippen molar-refractivity contribution in [2.45, 2.75) is 25.7 Å². The van der Waals surface area contributed by atoms with Gasteiger partial charge in [-0.3, -0.25) is 9.59 Å². The van der Waals surface area contributed by atoms with E-state index in [4.69, 9.17) is 0 Å². The van der Waals surface area contributed by atoms with Crippen LogP contribution < -0.4 is 5.32 Å². The fraction of sp³-hybridized carbons (Fsp3) is 0.318. The van der Waals surface area contributed by atoms with Gasteiger partial charge in [-0.1, -0.05) is 12.8 Å². The maximum absolute atomic E-state index is 12.6. The van der Waals surface area contributed by atoms with Crippen molar-refractivity contribution in [3.63, 3.8) is 0 Å². The van der Waals surface area contributed by atoms with Gasteiger partial charge in [0.2, 0.25) is 0 Å². The number of methoxy groups -OCH3 is 1. The molecule has 0 aliphatic carbocycles. The van der Waals surface area contributed by atoms with Gasteiger partial charge >= 0.3 is 5.97 Å². The number of benzene rings is 2. The van der Waals surface area contributed by atoms with E-state index in [0.29, 0.717) is 22.4 Å². The molecule has 2 amide bonds. The van der Waals surface area contributed by atoms with Gasteiger partial charge in [0, 0.05) is 29.9 Å². The molecular formula is C22H24N2O4. The summed E-state index contributed by atoms with van der Waals surface area (Å²) >= 11 is 0. The van der Waals surface area contributed by atoms with E-state index in [0.717, 1.165) is 25.9 Å². The Morgan fingerprint density at radius 1 is 0.786 bits per heavy atom. The molecule has 1 aliphatic rings. The van der Waals surface area contributed by atoms with E-state index in [9.17, 15) is 14.4 Å².